The van der Waals surface area contributed by atoms with Crippen molar-refractivity contribution in [1.29, 1.82) is 0 Å². The molecule has 0 spiro atoms. The van der Waals surface area contributed by atoms with Crippen LogP contribution in [0.2, 0.25) is 0 Å². The SMILES string of the molecule is NC(=O)c1cccc2c1CCCN2C(=O)c1cnn(-c2ccccc2)n1. The Morgan fingerprint density at radius 3 is 2.62 bits per heavy atom. The Kier molecular flexibility index (Phi) is 3.96. The molecule has 1 aromatic heterocycles. The number of rotatable bonds is 3. The molecular formula is C19H17N5O2. The lowest BCUT2D eigenvalue weighted by molar-refractivity contribution is 0.0973. The second-order valence-corrected chi connectivity index (χ2v) is 6.08. The number of fused-ring (bicyclic) bond motifs is 1. The number of carbonyl (C=O) groups excluding carboxylic acids is 2. The van der Waals surface area contributed by atoms with Gasteiger partial charge in [0, 0.05) is 17.8 Å². The number of anilines is 1. The van der Waals surface area contributed by atoms with Gasteiger partial charge in [0.1, 0.15) is 0 Å². The first kappa shape index (κ1) is 16.0. The summed E-state index contributed by atoms with van der Waals surface area (Å²) in [6, 6.07) is 14.7. The number of carbonyl (C=O) groups is 2. The molecule has 0 bridgehead atoms. The molecule has 2 N–H and O–H groups in total. The van der Waals surface area contributed by atoms with Gasteiger partial charge in [-0.25, -0.2) is 0 Å². The smallest absolute Gasteiger partial charge is 0.280 e. The van der Waals surface area contributed by atoms with E-state index in [1.165, 1.54) is 11.0 Å². The van der Waals surface area contributed by atoms with E-state index in [-0.39, 0.29) is 11.6 Å². The van der Waals surface area contributed by atoms with Crippen LogP contribution in [0.1, 0.15) is 32.8 Å². The first-order valence-electron chi connectivity index (χ1n) is 8.36. The van der Waals surface area contributed by atoms with Crippen LogP contribution >= 0.6 is 0 Å². The zero-order valence-corrected chi connectivity index (χ0v) is 14.0. The minimum atomic E-state index is -0.480. The van der Waals surface area contributed by atoms with Gasteiger partial charge in [0.15, 0.2) is 5.69 Å². The highest BCUT2D eigenvalue weighted by molar-refractivity contribution is 6.06. The molecular weight excluding hydrogens is 330 g/mol. The highest BCUT2D eigenvalue weighted by atomic mass is 16.2. The summed E-state index contributed by atoms with van der Waals surface area (Å²) in [5.74, 6) is -0.721. The fourth-order valence-corrected chi connectivity index (χ4v) is 3.25. The summed E-state index contributed by atoms with van der Waals surface area (Å²) in [6.07, 6.45) is 2.94. The van der Waals surface area contributed by atoms with E-state index in [0.29, 0.717) is 17.8 Å². The van der Waals surface area contributed by atoms with Crippen LogP contribution in [-0.2, 0) is 6.42 Å². The van der Waals surface area contributed by atoms with Crippen molar-refractivity contribution in [2.24, 2.45) is 5.73 Å². The van der Waals surface area contributed by atoms with Crippen LogP contribution in [0, 0.1) is 0 Å². The first-order chi connectivity index (χ1) is 12.6. The molecule has 1 aliphatic heterocycles. The molecule has 2 amide bonds. The first-order valence-corrected chi connectivity index (χ1v) is 8.36. The quantitative estimate of drug-likeness (QED) is 0.783. The lowest BCUT2D eigenvalue weighted by Crippen LogP contribution is -2.36. The lowest BCUT2D eigenvalue weighted by Gasteiger charge is -2.29. The highest BCUT2D eigenvalue weighted by Gasteiger charge is 2.27. The van der Waals surface area contributed by atoms with Crippen molar-refractivity contribution in [1.82, 2.24) is 15.0 Å². The van der Waals surface area contributed by atoms with Crippen molar-refractivity contribution in [2.45, 2.75) is 12.8 Å². The number of benzene rings is 2. The second-order valence-electron chi connectivity index (χ2n) is 6.08. The average Bonchev–Trinajstić information content (AvgIpc) is 3.17. The van der Waals surface area contributed by atoms with Crippen LogP contribution < -0.4 is 10.6 Å². The number of hydrogen-bond acceptors (Lipinski definition) is 4. The summed E-state index contributed by atoms with van der Waals surface area (Å²) in [4.78, 5) is 27.7. The Morgan fingerprint density at radius 1 is 1.04 bits per heavy atom. The molecule has 0 saturated carbocycles. The standard InChI is InChI=1S/C19H17N5O2/c20-18(25)15-8-4-10-17-14(15)9-5-11-23(17)19(26)16-12-21-24(22-16)13-6-2-1-3-7-13/h1-4,6-8,10,12H,5,9,11H2,(H2,20,25). The Labute approximate surface area is 150 Å². The van der Waals surface area contributed by atoms with Crippen molar-refractivity contribution in [3.05, 3.63) is 71.5 Å². The Bertz CT molecular complexity index is 981. The minimum Gasteiger partial charge on any atom is -0.366 e. The van der Waals surface area contributed by atoms with Crippen LogP contribution in [-0.4, -0.2) is 33.4 Å². The molecule has 130 valence electrons. The summed E-state index contributed by atoms with van der Waals surface area (Å²) in [7, 11) is 0. The third kappa shape index (κ3) is 2.73. The molecule has 0 aliphatic carbocycles. The van der Waals surface area contributed by atoms with Crippen molar-refractivity contribution in [3.63, 3.8) is 0 Å². The largest absolute Gasteiger partial charge is 0.366 e. The summed E-state index contributed by atoms with van der Waals surface area (Å²) in [6.45, 7) is 0.562. The molecule has 26 heavy (non-hydrogen) atoms. The lowest BCUT2D eigenvalue weighted by atomic mass is 9.95. The number of para-hydroxylation sites is 1. The molecule has 0 fully saturated rings. The molecule has 4 rings (SSSR count). The third-order valence-electron chi connectivity index (χ3n) is 4.46. The van der Waals surface area contributed by atoms with E-state index >= 15 is 0 Å². The van der Waals surface area contributed by atoms with Gasteiger partial charge in [-0.2, -0.15) is 9.90 Å². The normalized spacial score (nSPS) is 13.3. The van der Waals surface area contributed by atoms with Gasteiger partial charge in [-0.15, -0.1) is 5.10 Å². The second kappa shape index (κ2) is 6.44. The van der Waals surface area contributed by atoms with E-state index in [0.717, 1.165) is 24.1 Å². The molecule has 2 heterocycles. The molecule has 3 aromatic rings. The van der Waals surface area contributed by atoms with E-state index in [4.69, 9.17) is 5.73 Å². The van der Waals surface area contributed by atoms with E-state index in [9.17, 15) is 9.59 Å². The molecule has 7 nitrogen and oxygen atoms in total. The number of hydrogen-bond donors (Lipinski definition) is 1. The zero-order valence-electron chi connectivity index (χ0n) is 14.0. The maximum absolute atomic E-state index is 13.0. The van der Waals surface area contributed by atoms with Gasteiger partial charge in [-0.1, -0.05) is 24.3 Å². The zero-order chi connectivity index (χ0) is 18.1. The fraction of sp³-hybridized carbons (Fsp3) is 0.158. The molecule has 0 radical (unpaired) electrons. The predicted octanol–water partition coefficient (Wildman–Crippen LogP) is 1.96. The molecule has 1 aliphatic rings. The summed E-state index contributed by atoms with van der Waals surface area (Å²) in [5.41, 5.74) is 8.50. The van der Waals surface area contributed by atoms with Crippen LogP contribution in [0.3, 0.4) is 0 Å². The number of nitrogens with zero attached hydrogens (tertiary/aromatic N) is 4. The topological polar surface area (TPSA) is 94.1 Å². The maximum Gasteiger partial charge on any atom is 0.280 e. The van der Waals surface area contributed by atoms with Crippen molar-refractivity contribution < 1.29 is 9.59 Å². The monoisotopic (exact) mass is 347 g/mol. The molecule has 0 unspecified atom stereocenters. The number of primary amides is 1. The average molecular weight is 347 g/mol. The van der Waals surface area contributed by atoms with Crippen molar-refractivity contribution >= 4 is 17.5 Å². The van der Waals surface area contributed by atoms with Crippen LogP contribution in [0.25, 0.3) is 5.69 Å². The predicted molar refractivity (Wildman–Crippen MR) is 96.3 cm³/mol. The minimum absolute atomic E-state index is 0.241. The van der Waals surface area contributed by atoms with Gasteiger partial charge >= 0.3 is 0 Å². The van der Waals surface area contributed by atoms with Gasteiger partial charge in [0.25, 0.3) is 5.91 Å². The van der Waals surface area contributed by atoms with Gasteiger partial charge in [-0.05, 0) is 42.7 Å². The highest BCUT2D eigenvalue weighted by Crippen LogP contribution is 2.30. The van der Waals surface area contributed by atoms with Gasteiger partial charge < -0.3 is 10.6 Å². The maximum atomic E-state index is 13.0. The van der Waals surface area contributed by atoms with E-state index in [1.54, 1.807) is 17.0 Å². The Balaban J connectivity index is 1.68. The molecule has 0 saturated heterocycles. The van der Waals surface area contributed by atoms with Crippen LogP contribution in [0.5, 0.6) is 0 Å². The Morgan fingerprint density at radius 2 is 1.85 bits per heavy atom. The molecule has 0 atom stereocenters. The third-order valence-corrected chi connectivity index (χ3v) is 4.46. The van der Waals surface area contributed by atoms with Crippen LogP contribution in [0.15, 0.2) is 54.7 Å². The van der Waals surface area contributed by atoms with Gasteiger partial charge in [-0.3, -0.25) is 9.59 Å². The van der Waals surface area contributed by atoms with E-state index < -0.39 is 5.91 Å². The number of aromatic nitrogens is 3. The summed E-state index contributed by atoms with van der Waals surface area (Å²) in [5, 5.41) is 8.50. The van der Waals surface area contributed by atoms with E-state index in [1.807, 2.05) is 36.4 Å². The van der Waals surface area contributed by atoms with Gasteiger partial charge in [0.05, 0.1) is 11.9 Å². The number of nitrogens with two attached hydrogens (primary N) is 1. The number of amides is 2. The van der Waals surface area contributed by atoms with E-state index in [2.05, 4.69) is 10.2 Å². The molecule has 2 aromatic carbocycles. The summed E-state index contributed by atoms with van der Waals surface area (Å²) >= 11 is 0. The summed E-state index contributed by atoms with van der Waals surface area (Å²) < 4.78 is 0. The van der Waals surface area contributed by atoms with Crippen molar-refractivity contribution in [2.75, 3.05) is 11.4 Å². The van der Waals surface area contributed by atoms with Gasteiger partial charge in [0.2, 0.25) is 5.91 Å². The van der Waals surface area contributed by atoms with Crippen LogP contribution in [0.4, 0.5) is 5.69 Å². The van der Waals surface area contributed by atoms with Crippen molar-refractivity contribution in [3.8, 4) is 5.69 Å². The molecule has 7 heteroatoms. The fourth-order valence-electron chi connectivity index (χ4n) is 3.25. The Hall–Kier alpha value is -3.48.